The number of unbranched alkanes of at least 4 members (excludes halogenated alkanes) is 1. The van der Waals surface area contributed by atoms with Crippen LogP contribution in [0.5, 0.6) is 11.8 Å². The monoisotopic (exact) mass is 415 g/mol. The summed E-state index contributed by atoms with van der Waals surface area (Å²) in [6.45, 7) is 4.61. The summed E-state index contributed by atoms with van der Waals surface area (Å²) in [5.41, 5.74) is 7.02. The van der Waals surface area contributed by atoms with Crippen LogP contribution in [0.2, 0.25) is 0 Å². The number of anilines is 1. The number of carboxylic acid groups (broad SMARTS) is 1. The molecular weight excluding hydrogens is 390 g/mol. The lowest BCUT2D eigenvalue weighted by atomic mass is 10.1. The molecule has 0 radical (unpaired) electrons. The normalized spacial score (nSPS) is 11.0. The van der Waals surface area contributed by atoms with E-state index in [0.717, 1.165) is 18.4 Å². The van der Waals surface area contributed by atoms with E-state index in [1.807, 2.05) is 19.9 Å². The number of para-hydroxylation sites is 1. The number of benzene rings is 1. The Morgan fingerprint density at radius 2 is 2.03 bits per heavy atom. The Morgan fingerprint density at radius 3 is 2.73 bits per heavy atom. The van der Waals surface area contributed by atoms with Crippen LogP contribution in [-0.2, 0) is 13.0 Å². The van der Waals surface area contributed by atoms with E-state index >= 15 is 0 Å². The first-order valence-electron chi connectivity index (χ1n) is 9.83. The third-order valence-corrected chi connectivity index (χ3v) is 4.63. The van der Waals surface area contributed by atoms with Crippen LogP contribution in [0.15, 0.2) is 23.0 Å². The van der Waals surface area contributed by atoms with Crippen molar-refractivity contribution in [2.24, 2.45) is 0 Å². The molecule has 10 nitrogen and oxygen atoms in total. The van der Waals surface area contributed by atoms with Crippen LogP contribution >= 0.6 is 0 Å². The number of nitrogens with two attached hydrogens (primary N) is 1. The van der Waals surface area contributed by atoms with E-state index in [1.165, 1.54) is 10.6 Å². The number of H-pyrrole nitrogens is 1. The van der Waals surface area contributed by atoms with Crippen molar-refractivity contribution in [2.45, 2.75) is 39.7 Å². The van der Waals surface area contributed by atoms with E-state index in [1.54, 1.807) is 6.07 Å². The topological polar surface area (TPSA) is 145 Å². The largest absolute Gasteiger partial charge is 0.491 e. The molecule has 0 saturated carbocycles. The number of imidazole rings is 1. The summed E-state index contributed by atoms with van der Waals surface area (Å²) < 4.78 is 12.7. The third kappa shape index (κ3) is 4.37. The molecule has 0 saturated heterocycles. The van der Waals surface area contributed by atoms with Crippen molar-refractivity contribution in [3.05, 3.63) is 39.8 Å². The number of hydrogen-bond donors (Lipinski definition) is 3. The van der Waals surface area contributed by atoms with Crippen LogP contribution in [-0.4, -0.2) is 43.8 Å². The predicted molar refractivity (Wildman–Crippen MR) is 111 cm³/mol. The van der Waals surface area contributed by atoms with Gasteiger partial charge in [0, 0.05) is 0 Å². The summed E-state index contributed by atoms with van der Waals surface area (Å²) in [6, 6.07) is 5.08. The molecule has 0 amide bonds. The number of nitrogen functional groups attached to an aromatic ring is 1. The quantitative estimate of drug-likeness (QED) is 0.427. The minimum absolute atomic E-state index is 0.0695. The molecule has 30 heavy (non-hydrogen) atoms. The molecule has 0 aliphatic carbocycles. The molecule has 160 valence electrons. The average Bonchev–Trinajstić information content (AvgIpc) is 3.04. The molecule has 0 spiro atoms. The van der Waals surface area contributed by atoms with Gasteiger partial charge in [0.1, 0.15) is 23.4 Å². The second-order valence-corrected chi connectivity index (χ2v) is 6.67. The summed E-state index contributed by atoms with van der Waals surface area (Å²) in [5, 5.41) is 9.42. The zero-order valence-corrected chi connectivity index (χ0v) is 17.0. The molecule has 3 aromatic rings. The lowest BCUT2D eigenvalue weighted by molar-refractivity contribution is 0.0691. The number of aromatic amines is 1. The molecule has 0 aliphatic rings. The number of aromatic nitrogens is 4. The molecule has 10 heteroatoms. The Bertz CT molecular complexity index is 1100. The number of fused-ring (bicyclic) bond motifs is 1. The first kappa shape index (κ1) is 21.2. The smallest absolute Gasteiger partial charge is 0.339 e. The minimum Gasteiger partial charge on any atom is -0.491 e. The SMILES string of the molecule is CCCCOc1nc(N)c2[nH]c(=O)n(CCOc3c(CC)cccc3C(=O)O)c2n1. The van der Waals surface area contributed by atoms with Crippen molar-refractivity contribution in [1.82, 2.24) is 19.5 Å². The molecule has 3 rings (SSSR count). The molecule has 0 aliphatic heterocycles. The molecular formula is C20H25N5O5. The van der Waals surface area contributed by atoms with E-state index in [-0.39, 0.29) is 30.5 Å². The standard InChI is InChI=1S/C20H25N5O5/c1-3-5-10-30-19-23-16(21)14-17(24-19)25(20(28)22-14)9-11-29-15-12(4-2)7-6-8-13(15)18(26)27/h6-8H,3-5,9-11H2,1-2H3,(H,22,28)(H,26,27)(H2,21,23,24). The molecule has 4 N–H and O–H groups in total. The van der Waals surface area contributed by atoms with Gasteiger partial charge in [-0.05, 0) is 24.5 Å². The first-order chi connectivity index (χ1) is 14.5. The Hall–Kier alpha value is -3.56. The van der Waals surface area contributed by atoms with Crippen molar-refractivity contribution in [3.63, 3.8) is 0 Å². The molecule has 0 bridgehead atoms. The Morgan fingerprint density at radius 1 is 1.23 bits per heavy atom. The zero-order chi connectivity index (χ0) is 21.7. The lowest BCUT2D eigenvalue weighted by Crippen LogP contribution is -2.21. The Kier molecular flexibility index (Phi) is 6.55. The van der Waals surface area contributed by atoms with Crippen LogP contribution in [0.4, 0.5) is 5.82 Å². The second-order valence-electron chi connectivity index (χ2n) is 6.67. The number of rotatable bonds is 10. The van der Waals surface area contributed by atoms with Crippen LogP contribution < -0.4 is 20.9 Å². The fraction of sp³-hybridized carbons (Fsp3) is 0.400. The van der Waals surface area contributed by atoms with Crippen LogP contribution in [0.3, 0.4) is 0 Å². The lowest BCUT2D eigenvalue weighted by Gasteiger charge is -2.13. The number of carbonyl (C=O) groups is 1. The van der Waals surface area contributed by atoms with Gasteiger partial charge in [0.05, 0.1) is 13.2 Å². The van der Waals surface area contributed by atoms with Crippen LogP contribution in [0, 0.1) is 0 Å². The highest BCUT2D eigenvalue weighted by Gasteiger charge is 2.17. The number of ether oxygens (including phenoxy) is 2. The van der Waals surface area contributed by atoms with Gasteiger partial charge in [-0.3, -0.25) is 4.57 Å². The highest BCUT2D eigenvalue weighted by atomic mass is 16.5. The summed E-state index contributed by atoms with van der Waals surface area (Å²) in [4.78, 5) is 34.9. The summed E-state index contributed by atoms with van der Waals surface area (Å²) in [6.07, 6.45) is 2.42. The average molecular weight is 415 g/mol. The highest BCUT2D eigenvalue weighted by Crippen LogP contribution is 2.25. The van der Waals surface area contributed by atoms with Gasteiger partial charge < -0.3 is 25.3 Å². The van der Waals surface area contributed by atoms with E-state index in [0.29, 0.717) is 29.9 Å². The van der Waals surface area contributed by atoms with Gasteiger partial charge in [-0.1, -0.05) is 32.4 Å². The van der Waals surface area contributed by atoms with Crippen molar-refractivity contribution >= 4 is 23.0 Å². The fourth-order valence-corrected chi connectivity index (χ4v) is 3.05. The van der Waals surface area contributed by atoms with E-state index in [2.05, 4.69) is 15.0 Å². The maximum atomic E-state index is 12.4. The van der Waals surface area contributed by atoms with Crippen LogP contribution in [0.25, 0.3) is 11.2 Å². The Labute approximate surface area is 172 Å². The molecule has 0 unspecified atom stereocenters. The van der Waals surface area contributed by atoms with Crippen molar-refractivity contribution in [1.29, 1.82) is 0 Å². The molecule has 2 aromatic heterocycles. The maximum Gasteiger partial charge on any atom is 0.339 e. The van der Waals surface area contributed by atoms with Gasteiger partial charge in [0.15, 0.2) is 11.5 Å². The van der Waals surface area contributed by atoms with Gasteiger partial charge in [-0.25, -0.2) is 9.59 Å². The van der Waals surface area contributed by atoms with E-state index in [9.17, 15) is 14.7 Å². The number of nitrogens with zero attached hydrogens (tertiary/aromatic N) is 3. The maximum absolute atomic E-state index is 12.4. The summed E-state index contributed by atoms with van der Waals surface area (Å²) >= 11 is 0. The summed E-state index contributed by atoms with van der Waals surface area (Å²) in [7, 11) is 0. The van der Waals surface area contributed by atoms with Gasteiger partial charge in [0.2, 0.25) is 0 Å². The molecule has 0 fully saturated rings. The highest BCUT2D eigenvalue weighted by molar-refractivity contribution is 5.91. The van der Waals surface area contributed by atoms with Gasteiger partial charge in [-0.2, -0.15) is 9.97 Å². The zero-order valence-electron chi connectivity index (χ0n) is 17.0. The first-order valence-corrected chi connectivity index (χ1v) is 9.83. The Balaban J connectivity index is 1.84. The van der Waals surface area contributed by atoms with E-state index in [4.69, 9.17) is 15.2 Å². The molecule has 0 atom stereocenters. The van der Waals surface area contributed by atoms with Gasteiger partial charge in [0.25, 0.3) is 0 Å². The fourth-order valence-electron chi connectivity index (χ4n) is 3.05. The summed E-state index contributed by atoms with van der Waals surface area (Å²) in [5.74, 6) is -0.648. The van der Waals surface area contributed by atoms with Crippen LogP contribution in [0.1, 0.15) is 42.6 Å². The number of hydrogen-bond acceptors (Lipinski definition) is 7. The van der Waals surface area contributed by atoms with Gasteiger partial charge >= 0.3 is 17.7 Å². The minimum atomic E-state index is -1.07. The predicted octanol–water partition coefficient (Wildman–Crippen LogP) is 2.22. The van der Waals surface area contributed by atoms with Crippen molar-refractivity contribution < 1.29 is 19.4 Å². The number of aromatic carboxylic acids is 1. The molecule has 2 heterocycles. The van der Waals surface area contributed by atoms with Crippen molar-refractivity contribution in [2.75, 3.05) is 18.9 Å². The number of aryl methyl sites for hydroxylation is 1. The number of nitrogens with one attached hydrogen (secondary N) is 1. The third-order valence-electron chi connectivity index (χ3n) is 4.63. The van der Waals surface area contributed by atoms with E-state index < -0.39 is 11.7 Å². The van der Waals surface area contributed by atoms with Crippen molar-refractivity contribution in [3.8, 4) is 11.8 Å². The van der Waals surface area contributed by atoms with Gasteiger partial charge in [-0.15, -0.1) is 0 Å². The number of carboxylic acids is 1. The molecule has 1 aromatic carbocycles. The second kappa shape index (κ2) is 9.29.